The first-order valence-corrected chi connectivity index (χ1v) is 6.55. The van der Waals surface area contributed by atoms with Crippen LogP contribution in [-0.2, 0) is 6.42 Å². The molecule has 2 aromatic rings. The predicted octanol–water partition coefficient (Wildman–Crippen LogP) is 4.21. The maximum absolute atomic E-state index is 4.11. The Kier molecular flexibility index (Phi) is 4.35. The van der Waals surface area contributed by atoms with E-state index in [1.165, 1.54) is 17.5 Å². The van der Waals surface area contributed by atoms with Gasteiger partial charge in [0.1, 0.15) is 0 Å². The number of pyridine rings is 1. The SMILES string of the molecule is CCCc1ccc(C(C)Nc2cccnc2)cc1. The summed E-state index contributed by atoms with van der Waals surface area (Å²) in [6.45, 7) is 4.38. The van der Waals surface area contributed by atoms with Crippen molar-refractivity contribution in [2.45, 2.75) is 32.7 Å². The summed E-state index contributed by atoms with van der Waals surface area (Å²) in [4.78, 5) is 4.11. The van der Waals surface area contributed by atoms with Crippen LogP contribution in [0.25, 0.3) is 0 Å². The van der Waals surface area contributed by atoms with Gasteiger partial charge in [-0.1, -0.05) is 37.6 Å². The first-order chi connectivity index (χ1) is 8.79. The van der Waals surface area contributed by atoms with Crippen LogP contribution in [0.5, 0.6) is 0 Å². The second kappa shape index (κ2) is 6.20. The maximum Gasteiger partial charge on any atom is 0.0531 e. The highest BCUT2D eigenvalue weighted by Gasteiger charge is 2.04. The molecular weight excluding hydrogens is 220 g/mol. The zero-order valence-corrected chi connectivity index (χ0v) is 11.1. The summed E-state index contributed by atoms with van der Waals surface area (Å²) >= 11 is 0. The Bertz CT molecular complexity index is 462. The molecule has 2 heteroatoms. The Morgan fingerprint density at radius 2 is 1.94 bits per heavy atom. The highest BCUT2D eigenvalue weighted by Crippen LogP contribution is 2.19. The third-order valence-electron chi connectivity index (χ3n) is 3.06. The standard InChI is InChI=1S/C16H20N2/c1-3-5-14-7-9-15(10-8-14)13(2)18-16-6-4-11-17-12-16/h4,6-13,18H,3,5H2,1-2H3. The Morgan fingerprint density at radius 3 is 2.56 bits per heavy atom. The van der Waals surface area contributed by atoms with E-state index in [-0.39, 0.29) is 0 Å². The van der Waals surface area contributed by atoms with Gasteiger partial charge < -0.3 is 5.32 Å². The quantitative estimate of drug-likeness (QED) is 0.847. The van der Waals surface area contributed by atoms with Crippen molar-refractivity contribution < 1.29 is 0 Å². The summed E-state index contributed by atoms with van der Waals surface area (Å²) in [7, 11) is 0. The molecule has 0 aliphatic heterocycles. The van der Waals surface area contributed by atoms with Crippen LogP contribution >= 0.6 is 0 Å². The van der Waals surface area contributed by atoms with Crippen molar-refractivity contribution in [1.82, 2.24) is 4.98 Å². The van der Waals surface area contributed by atoms with Gasteiger partial charge in [0.2, 0.25) is 0 Å². The molecule has 0 spiro atoms. The van der Waals surface area contributed by atoms with E-state index in [0.717, 1.165) is 12.1 Å². The fourth-order valence-electron chi connectivity index (χ4n) is 2.04. The molecule has 0 fully saturated rings. The number of benzene rings is 1. The molecule has 18 heavy (non-hydrogen) atoms. The molecule has 2 rings (SSSR count). The van der Waals surface area contributed by atoms with Gasteiger partial charge in [-0.15, -0.1) is 0 Å². The van der Waals surface area contributed by atoms with Crippen LogP contribution in [0.4, 0.5) is 5.69 Å². The first kappa shape index (κ1) is 12.6. The number of rotatable bonds is 5. The monoisotopic (exact) mass is 240 g/mol. The minimum Gasteiger partial charge on any atom is -0.377 e. The third-order valence-corrected chi connectivity index (χ3v) is 3.06. The smallest absolute Gasteiger partial charge is 0.0531 e. The van der Waals surface area contributed by atoms with Gasteiger partial charge in [0.15, 0.2) is 0 Å². The maximum atomic E-state index is 4.11. The molecule has 2 nitrogen and oxygen atoms in total. The molecule has 0 saturated carbocycles. The van der Waals surface area contributed by atoms with Crippen LogP contribution < -0.4 is 5.32 Å². The molecule has 1 heterocycles. The van der Waals surface area contributed by atoms with E-state index in [1.54, 1.807) is 6.20 Å². The lowest BCUT2D eigenvalue weighted by molar-refractivity contribution is 0.875. The van der Waals surface area contributed by atoms with Crippen molar-refractivity contribution in [3.8, 4) is 0 Å². The molecule has 1 unspecified atom stereocenters. The average Bonchev–Trinajstić information content (AvgIpc) is 2.41. The minimum atomic E-state index is 0.296. The number of hydrogen-bond acceptors (Lipinski definition) is 2. The van der Waals surface area contributed by atoms with E-state index in [4.69, 9.17) is 0 Å². The molecule has 94 valence electrons. The minimum absolute atomic E-state index is 0.296. The number of nitrogens with one attached hydrogen (secondary N) is 1. The molecule has 1 aromatic heterocycles. The Balaban J connectivity index is 2.02. The van der Waals surface area contributed by atoms with E-state index < -0.39 is 0 Å². The highest BCUT2D eigenvalue weighted by molar-refractivity contribution is 5.42. The van der Waals surface area contributed by atoms with Crippen LogP contribution in [0.1, 0.15) is 37.4 Å². The van der Waals surface area contributed by atoms with Crippen molar-refractivity contribution in [3.63, 3.8) is 0 Å². The summed E-state index contributed by atoms with van der Waals surface area (Å²) in [6, 6.07) is 13.1. The normalized spacial score (nSPS) is 12.1. The van der Waals surface area contributed by atoms with Gasteiger partial charge in [0, 0.05) is 18.4 Å². The molecule has 0 saturated heterocycles. The fourth-order valence-corrected chi connectivity index (χ4v) is 2.04. The van der Waals surface area contributed by atoms with E-state index in [2.05, 4.69) is 48.4 Å². The average molecular weight is 240 g/mol. The predicted molar refractivity (Wildman–Crippen MR) is 76.7 cm³/mol. The highest BCUT2D eigenvalue weighted by atomic mass is 14.9. The number of nitrogens with zero attached hydrogens (tertiary/aromatic N) is 1. The van der Waals surface area contributed by atoms with Gasteiger partial charge in [0.25, 0.3) is 0 Å². The summed E-state index contributed by atoms with van der Waals surface area (Å²) in [5.74, 6) is 0. The third kappa shape index (κ3) is 3.33. The van der Waals surface area contributed by atoms with Gasteiger partial charge in [-0.2, -0.15) is 0 Å². The molecule has 0 bridgehead atoms. The zero-order valence-electron chi connectivity index (χ0n) is 11.1. The van der Waals surface area contributed by atoms with Crippen molar-refractivity contribution >= 4 is 5.69 Å². The molecule has 0 aliphatic rings. The molecule has 1 N–H and O–H groups in total. The molecule has 1 atom stereocenters. The van der Waals surface area contributed by atoms with Crippen molar-refractivity contribution in [3.05, 3.63) is 59.9 Å². The van der Waals surface area contributed by atoms with Crippen molar-refractivity contribution in [2.75, 3.05) is 5.32 Å². The summed E-state index contributed by atoms with van der Waals surface area (Å²) < 4.78 is 0. The van der Waals surface area contributed by atoms with E-state index in [9.17, 15) is 0 Å². The number of hydrogen-bond donors (Lipinski definition) is 1. The molecule has 0 radical (unpaired) electrons. The Morgan fingerprint density at radius 1 is 1.17 bits per heavy atom. The van der Waals surface area contributed by atoms with Crippen LogP contribution in [-0.4, -0.2) is 4.98 Å². The van der Waals surface area contributed by atoms with Crippen LogP contribution in [0, 0.1) is 0 Å². The first-order valence-electron chi connectivity index (χ1n) is 6.55. The van der Waals surface area contributed by atoms with Crippen LogP contribution in [0.3, 0.4) is 0 Å². The van der Waals surface area contributed by atoms with Gasteiger partial charge in [-0.05, 0) is 36.6 Å². The summed E-state index contributed by atoms with van der Waals surface area (Å²) in [5, 5.41) is 3.45. The lowest BCUT2D eigenvalue weighted by Crippen LogP contribution is -2.06. The second-order valence-electron chi connectivity index (χ2n) is 4.60. The van der Waals surface area contributed by atoms with Gasteiger partial charge in [-0.3, -0.25) is 4.98 Å². The molecule has 1 aromatic carbocycles. The van der Waals surface area contributed by atoms with E-state index >= 15 is 0 Å². The van der Waals surface area contributed by atoms with Crippen LogP contribution in [0.2, 0.25) is 0 Å². The molecule has 0 aliphatic carbocycles. The van der Waals surface area contributed by atoms with Crippen molar-refractivity contribution in [1.29, 1.82) is 0 Å². The Hall–Kier alpha value is -1.83. The second-order valence-corrected chi connectivity index (χ2v) is 4.60. The zero-order chi connectivity index (χ0) is 12.8. The number of aryl methyl sites for hydroxylation is 1. The molecular formula is C16H20N2. The Labute approximate surface area is 109 Å². The van der Waals surface area contributed by atoms with E-state index in [0.29, 0.717) is 6.04 Å². The van der Waals surface area contributed by atoms with E-state index in [1.807, 2.05) is 18.3 Å². The molecule has 0 amide bonds. The largest absolute Gasteiger partial charge is 0.377 e. The lowest BCUT2D eigenvalue weighted by Gasteiger charge is -2.15. The van der Waals surface area contributed by atoms with Gasteiger partial charge in [0.05, 0.1) is 5.69 Å². The van der Waals surface area contributed by atoms with Crippen LogP contribution in [0.15, 0.2) is 48.8 Å². The summed E-state index contributed by atoms with van der Waals surface area (Å²) in [6.07, 6.45) is 5.99. The van der Waals surface area contributed by atoms with Gasteiger partial charge >= 0.3 is 0 Å². The number of anilines is 1. The van der Waals surface area contributed by atoms with Crippen molar-refractivity contribution in [2.24, 2.45) is 0 Å². The topological polar surface area (TPSA) is 24.9 Å². The fraction of sp³-hybridized carbons (Fsp3) is 0.312. The van der Waals surface area contributed by atoms with Gasteiger partial charge in [-0.25, -0.2) is 0 Å². The summed E-state index contributed by atoms with van der Waals surface area (Å²) in [5.41, 5.74) is 3.77. The number of aromatic nitrogens is 1. The lowest BCUT2D eigenvalue weighted by atomic mass is 10.0.